The van der Waals surface area contributed by atoms with Crippen molar-refractivity contribution in [1.82, 2.24) is 5.32 Å². The number of hydrogen-bond acceptors (Lipinski definition) is 3. The van der Waals surface area contributed by atoms with E-state index in [-0.39, 0.29) is 24.5 Å². The van der Waals surface area contributed by atoms with Crippen LogP contribution >= 0.6 is 0 Å². The van der Waals surface area contributed by atoms with Crippen molar-refractivity contribution < 1.29 is 9.90 Å². The molecule has 2 unspecified atom stereocenters. The highest BCUT2D eigenvalue weighted by atomic mass is 16.3. The first-order valence-electron chi connectivity index (χ1n) is 5.19. The first-order chi connectivity index (χ1) is 6.52. The van der Waals surface area contributed by atoms with E-state index in [1.54, 1.807) is 0 Å². The molecule has 3 atom stereocenters. The van der Waals surface area contributed by atoms with Gasteiger partial charge in [0.2, 0.25) is 5.91 Å². The van der Waals surface area contributed by atoms with Crippen LogP contribution in [-0.2, 0) is 4.79 Å². The number of nitrogens with two attached hydrogens (primary N) is 1. The summed E-state index contributed by atoms with van der Waals surface area (Å²) in [5.74, 6) is -0.0626. The lowest BCUT2D eigenvalue weighted by Crippen LogP contribution is -2.46. The molecule has 0 saturated heterocycles. The first-order valence-corrected chi connectivity index (χ1v) is 5.19. The Balaban J connectivity index is 3.92. The van der Waals surface area contributed by atoms with Gasteiger partial charge < -0.3 is 16.2 Å². The Morgan fingerprint density at radius 1 is 1.50 bits per heavy atom. The van der Waals surface area contributed by atoms with Crippen LogP contribution in [0, 0.1) is 5.92 Å². The Kier molecular flexibility index (Phi) is 6.49. The van der Waals surface area contributed by atoms with Crippen molar-refractivity contribution in [2.24, 2.45) is 11.7 Å². The number of carbonyl (C=O) groups is 1. The Bertz CT molecular complexity index is 174. The molecule has 0 aromatic rings. The summed E-state index contributed by atoms with van der Waals surface area (Å²) in [4.78, 5) is 11.4. The van der Waals surface area contributed by atoms with Crippen LogP contribution < -0.4 is 11.1 Å². The second kappa shape index (κ2) is 6.79. The Labute approximate surface area is 85.9 Å². The molecule has 1 amide bonds. The van der Waals surface area contributed by atoms with Crippen molar-refractivity contribution in [3.05, 3.63) is 0 Å². The minimum absolute atomic E-state index is 0.0320. The quantitative estimate of drug-likeness (QED) is 0.578. The van der Waals surface area contributed by atoms with E-state index in [4.69, 9.17) is 10.8 Å². The molecule has 4 heteroatoms. The molecule has 0 aliphatic heterocycles. The zero-order chi connectivity index (χ0) is 11.1. The number of rotatable bonds is 6. The van der Waals surface area contributed by atoms with Crippen molar-refractivity contribution in [3.8, 4) is 0 Å². The van der Waals surface area contributed by atoms with E-state index in [9.17, 15) is 4.79 Å². The Morgan fingerprint density at radius 3 is 2.50 bits per heavy atom. The average molecular weight is 202 g/mol. The van der Waals surface area contributed by atoms with E-state index in [0.717, 1.165) is 6.42 Å². The van der Waals surface area contributed by atoms with Crippen molar-refractivity contribution in [1.29, 1.82) is 0 Å². The van der Waals surface area contributed by atoms with Crippen LogP contribution in [0.1, 0.15) is 33.6 Å². The summed E-state index contributed by atoms with van der Waals surface area (Å²) in [5, 5.41) is 11.7. The number of nitrogens with one attached hydrogen (secondary N) is 1. The van der Waals surface area contributed by atoms with Crippen molar-refractivity contribution >= 4 is 5.91 Å². The zero-order valence-electron chi connectivity index (χ0n) is 9.29. The molecule has 84 valence electrons. The molecule has 0 heterocycles. The van der Waals surface area contributed by atoms with Gasteiger partial charge >= 0.3 is 0 Å². The second-order valence-electron chi connectivity index (χ2n) is 3.85. The van der Waals surface area contributed by atoms with Gasteiger partial charge in [0.25, 0.3) is 0 Å². The largest absolute Gasteiger partial charge is 0.396 e. The Hall–Kier alpha value is -0.610. The minimum atomic E-state index is -0.423. The molecule has 0 saturated carbocycles. The smallest absolute Gasteiger partial charge is 0.237 e. The molecule has 4 N–H and O–H groups in total. The lowest BCUT2D eigenvalue weighted by molar-refractivity contribution is -0.123. The van der Waals surface area contributed by atoms with Crippen LogP contribution in [0.5, 0.6) is 0 Å². The summed E-state index contributed by atoms with van der Waals surface area (Å²) in [5.41, 5.74) is 5.64. The summed E-state index contributed by atoms with van der Waals surface area (Å²) in [6.45, 7) is 5.82. The van der Waals surface area contributed by atoms with E-state index >= 15 is 0 Å². The third-order valence-electron chi connectivity index (χ3n) is 2.45. The standard InChI is InChI=1S/C10H22N2O2/c1-4-5-9(11)10(14)12-8(3)7(2)6-13/h7-9,13H,4-6,11H2,1-3H3,(H,12,14)/t7?,8?,9-/m1/s1. The number of carbonyl (C=O) groups excluding carboxylic acids is 1. The van der Waals surface area contributed by atoms with Crippen molar-refractivity contribution in [2.45, 2.75) is 45.7 Å². The van der Waals surface area contributed by atoms with Gasteiger partial charge in [-0.1, -0.05) is 20.3 Å². The van der Waals surface area contributed by atoms with Crippen LogP contribution in [0.25, 0.3) is 0 Å². The molecule has 0 spiro atoms. The lowest BCUT2D eigenvalue weighted by atomic mass is 10.0. The fourth-order valence-corrected chi connectivity index (χ4v) is 1.07. The molecule has 4 nitrogen and oxygen atoms in total. The second-order valence-corrected chi connectivity index (χ2v) is 3.85. The first kappa shape index (κ1) is 13.4. The maximum absolute atomic E-state index is 11.4. The van der Waals surface area contributed by atoms with Crippen LogP contribution in [0.15, 0.2) is 0 Å². The van der Waals surface area contributed by atoms with E-state index in [2.05, 4.69) is 5.32 Å². The molecule has 0 fully saturated rings. The average Bonchev–Trinajstić information content (AvgIpc) is 2.16. The van der Waals surface area contributed by atoms with E-state index < -0.39 is 6.04 Å². The Morgan fingerprint density at radius 2 is 2.07 bits per heavy atom. The summed E-state index contributed by atoms with van der Waals surface area (Å²) < 4.78 is 0. The minimum Gasteiger partial charge on any atom is -0.396 e. The molecule has 0 radical (unpaired) electrons. The van der Waals surface area contributed by atoms with E-state index in [1.165, 1.54) is 0 Å². The maximum atomic E-state index is 11.4. The zero-order valence-corrected chi connectivity index (χ0v) is 9.29. The molecule has 0 aromatic carbocycles. The van der Waals surface area contributed by atoms with Gasteiger partial charge in [-0.3, -0.25) is 4.79 Å². The molecule has 0 bridgehead atoms. The van der Waals surface area contributed by atoms with Crippen molar-refractivity contribution in [2.75, 3.05) is 6.61 Å². The van der Waals surface area contributed by atoms with Gasteiger partial charge in [-0.05, 0) is 19.3 Å². The number of aliphatic hydroxyl groups excluding tert-OH is 1. The molecule has 0 aromatic heterocycles. The summed E-state index contributed by atoms with van der Waals surface area (Å²) in [7, 11) is 0. The topological polar surface area (TPSA) is 75.4 Å². The monoisotopic (exact) mass is 202 g/mol. The van der Waals surface area contributed by atoms with Crippen LogP contribution in [-0.4, -0.2) is 29.7 Å². The molecule has 0 aliphatic carbocycles. The number of aliphatic hydroxyl groups is 1. The van der Waals surface area contributed by atoms with Gasteiger partial charge in [0, 0.05) is 12.6 Å². The summed E-state index contributed by atoms with van der Waals surface area (Å²) in [6.07, 6.45) is 1.60. The summed E-state index contributed by atoms with van der Waals surface area (Å²) in [6, 6.07) is -0.455. The van der Waals surface area contributed by atoms with Gasteiger partial charge in [0.15, 0.2) is 0 Å². The fourth-order valence-electron chi connectivity index (χ4n) is 1.07. The normalized spacial score (nSPS) is 17.2. The predicted octanol–water partition coefficient (Wildman–Crippen LogP) is 0.247. The molecular formula is C10H22N2O2. The molecule has 0 rings (SSSR count). The highest BCUT2D eigenvalue weighted by Crippen LogP contribution is 2.01. The van der Waals surface area contributed by atoms with Gasteiger partial charge in [-0.2, -0.15) is 0 Å². The fraction of sp³-hybridized carbons (Fsp3) is 0.900. The molecule has 0 aliphatic rings. The van der Waals surface area contributed by atoms with Gasteiger partial charge in [-0.25, -0.2) is 0 Å². The molecule has 14 heavy (non-hydrogen) atoms. The number of amides is 1. The predicted molar refractivity (Wildman–Crippen MR) is 56.7 cm³/mol. The highest BCUT2D eigenvalue weighted by molar-refractivity contribution is 5.81. The van der Waals surface area contributed by atoms with Crippen LogP contribution in [0.3, 0.4) is 0 Å². The highest BCUT2D eigenvalue weighted by Gasteiger charge is 2.17. The van der Waals surface area contributed by atoms with Crippen LogP contribution in [0.4, 0.5) is 0 Å². The lowest BCUT2D eigenvalue weighted by Gasteiger charge is -2.21. The SMILES string of the molecule is CCC[C@@H](N)C(=O)NC(C)C(C)CO. The third kappa shape index (κ3) is 4.58. The van der Waals surface area contributed by atoms with Gasteiger partial charge in [0.05, 0.1) is 6.04 Å². The summed E-state index contributed by atoms with van der Waals surface area (Å²) >= 11 is 0. The van der Waals surface area contributed by atoms with Crippen molar-refractivity contribution in [3.63, 3.8) is 0 Å². The molecular weight excluding hydrogens is 180 g/mol. The maximum Gasteiger partial charge on any atom is 0.237 e. The number of hydrogen-bond donors (Lipinski definition) is 3. The van der Waals surface area contributed by atoms with Gasteiger partial charge in [-0.15, -0.1) is 0 Å². The third-order valence-corrected chi connectivity index (χ3v) is 2.45. The van der Waals surface area contributed by atoms with Crippen LogP contribution in [0.2, 0.25) is 0 Å². The van der Waals surface area contributed by atoms with E-state index in [1.807, 2.05) is 20.8 Å². The van der Waals surface area contributed by atoms with E-state index in [0.29, 0.717) is 6.42 Å². The van der Waals surface area contributed by atoms with Gasteiger partial charge in [0.1, 0.15) is 0 Å².